The molecule has 5 N–H and O–H groups in total. The Labute approximate surface area is 296 Å². The molecular weight excluding hydrogens is 709 g/mol. The fraction of sp³-hybridized carbons (Fsp3) is 0.586. The minimum absolute atomic E-state index is 0.0101. The SMILES string of the molecule is [BH3-][P+](OCCC#N)(OC[C@H]1OC(n2cnc3c(C)ncnc32)[C@@H](F)[C@H]1O)O[C@@H]1[C@H](n2cnc3c(=O)[nH]c(NC(=O)C(C)C)nc32)OC(CO)[C@@H]1CO. The van der Waals surface area contributed by atoms with Crippen LogP contribution in [-0.4, -0.2) is 125 Å². The average molecular weight is 748 g/mol. The van der Waals surface area contributed by atoms with Crippen LogP contribution in [0.5, 0.6) is 0 Å². The third-order valence-electron chi connectivity index (χ3n) is 8.43. The lowest BCUT2D eigenvalue weighted by molar-refractivity contribution is -0.118. The number of nitrogens with zero attached hydrogens (tertiary/aromatic N) is 8. The van der Waals surface area contributed by atoms with Crippen molar-refractivity contribution in [3.8, 4) is 6.07 Å². The van der Waals surface area contributed by atoms with E-state index in [1.807, 2.05) is 6.07 Å². The first-order valence-electron chi connectivity index (χ1n) is 15.9. The standard InChI is InChI=1S/C29H39BFN10O10P/c1-13(2)25(45)38-29-37-24-20(26(46)39-29)36-12-41(24)28-22(15(7-42)16(8-43)49-28)51-52(30,47-6-4-5-32)48-9-17-21(44)18(31)27(50-17)40-11-35-19-14(3)33-10-34-23(19)40/h10-13,15-18,21-22,27-28,42-44H,4,6-9H2,1-3,30H3,(H2,37,38,39,45,46)/t15-,16?,17+,18-,21-,22-,27?,28+,52?/m0/s1. The molecule has 2 fully saturated rings. The van der Waals surface area contributed by atoms with Crippen molar-refractivity contribution in [1.82, 2.24) is 39.0 Å². The van der Waals surface area contributed by atoms with Crippen LogP contribution in [0.2, 0.25) is 0 Å². The third kappa shape index (κ3) is 7.28. The van der Waals surface area contributed by atoms with Gasteiger partial charge in [0.1, 0.15) is 37.3 Å². The molecule has 0 radical (unpaired) electrons. The van der Waals surface area contributed by atoms with E-state index < -0.39 is 94.9 Å². The van der Waals surface area contributed by atoms with Crippen LogP contribution in [-0.2, 0) is 27.8 Å². The summed E-state index contributed by atoms with van der Waals surface area (Å²) in [5, 5.41) is 43.4. The van der Waals surface area contributed by atoms with E-state index in [1.165, 1.54) is 28.1 Å². The van der Waals surface area contributed by atoms with Crippen LogP contribution in [0.4, 0.5) is 10.3 Å². The number of rotatable bonds is 14. The molecule has 9 atom stereocenters. The van der Waals surface area contributed by atoms with Gasteiger partial charge in [-0.25, -0.2) is 37.9 Å². The minimum Gasteiger partial charge on any atom is -0.396 e. The Morgan fingerprint density at radius 2 is 1.83 bits per heavy atom. The van der Waals surface area contributed by atoms with E-state index in [4.69, 9.17) is 23.0 Å². The van der Waals surface area contributed by atoms with Gasteiger partial charge in [0.25, 0.3) is 5.56 Å². The highest BCUT2D eigenvalue weighted by molar-refractivity contribution is 7.85. The fourth-order valence-electron chi connectivity index (χ4n) is 5.69. The summed E-state index contributed by atoms with van der Waals surface area (Å²) in [7, 11) is -4.39. The summed E-state index contributed by atoms with van der Waals surface area (Å²) >= 11 is 0. The highest BCUT2D eigenvalue weighted by Gasteiger charge is 2.53. The van der Waals surface area contributed by atoms with Gasteiger partial charge in [-0.2, -0.15) is 10.2 Å². The molecule has 20 nitrogen and oxygen atoms in total. The average Bonchev–Trinajstić information content (AvgIpc) is 3.88. The van der Waals surface area contributed by atoms with Crippen molar-refractivity contribution in [2.45, 2.75) is 70.2 Å². The van der Waals surface area contributed by atoms with E-state index in [-0.39, 0.29) is 36.7 Å². The summed E-state index contributed by atoms with van der Waals surface area (Å²) in [5.74, 6) is -1.77. The minimum atomic E-state index is -3.31. The second-order valence-corrected chi connectivity index (χ2v) is 13.3. The molecule has 6 rings (SSSR count). The number of amides is 1. The van der Waals surface area contributed by atoms with Crippen molar-refractivity contribution in [1.29, 1.82) is 5.26 Å². The van der Waals surface area contributed by atoms with Gasteiger partial charge in [0.2, 0.25) is 27.2 Å². The lowest BCUT2D eigenvalue weighted by Gasteiger charge is -2.32. The number of carbonyl (C=O) groups excluding carboxylic acids is 1. The maximum Gasteiger partial charge on any atom is 0.280 e. The van der Waals surface area contributed by atoms with Gasteiger partial charge in [0.15, 0.2) is 41.5 Å². The fourth-order valence-corrected chi connectivity index (χ4v) is 6.85. The number of hydrogen-bond acceptors (Lipinski definition) is 16. The number of hydrogen-bond donors (Lipinski definition) is 5. The van der Waals surface area contributed by atoms with Gasteiger partial charge in [0, 0.05) is 11.8 Å². The summed E-state index contributed by atoms with van der Waals surface area (Å²) in [6.07, 6.45) is -5.17. The highest BCUT2D eigenvalue weighted by Crippen LogP contribution is 2.61. The normalized spacial score (nSPS) is 27.4. The third-order valence-corrected chi connectivity index (χ3v) is 9.60. The number of anilines is 1. The van der Waals surface area contributed by atoms with Crippen molar-refractivity contribution in [2.75, 3.05) is 31.7 Å². The number of alkyl halides is 1. The van der Waals surface area contributed by atoms with Gasteiger partial charge in [-0.3, -0.25) is 29.0 Å². The number of nitriles is 1. The molecule has 1 amide bonds. The van der Waals surface area contributed by atoms with Crippen LogP contribution in [0.15, 0.2) is 23.8 Å². The summed E-state index contributed by atoms with van der Waals surface area (Å²) in [6.45, 7) is 3.63. The first-order valence-corrected chi connectivity index (χ1v) is 17.0. The molecule has 0 saturated carbocycles. The molecule has 2 aliphatic rings. The van der Waals surface area contributed by atoms with Gasteiger partial charge in [-0.05, 0) is 6.92 Å². The predicted octanol–water partition coefficient (Wildman–Crippen LogP) is -0.668. The Bertz CT molecular complexity index is 2010. The number of ether oxygens (including phenoxy) is 2. The first-order chi connectivity index (χ1) is 24.9. The number of aromatic amines is 1. The molecule has 4 aromatic heterocycles. The Morgan fingerprint density at radius 1 is 1.12 bits per heavy atom. The number of imidazole rings is 2. The van der Waals surface area contributed by atoms with Crippen LogP contribution >= 0.6 is 7.82 Å². The number of aryl methyl sites for hydroxylation is 1. The molecule has 2 aliphatic heterocycles. The summed E-state index contributed by atoms with van der Waals surface area (Å²) in [4.78, 5) is 48.9. The second-order valence-electron chi connectivity index (χ2n) is 12.1. The van der Waals surface area contributed by atoms with Gasteiger partial charge in [-0.15, -0.1) is 0 Å². The highest BCUT2D eigenvalue weighted by atomic mass is 31.2. The van der Waals surface area contributed by atoms with Gasteiger partial charge in [-0.1, -0.05) is 13.8 Å². The number of halogens is 1. The van der Waals surface area contributed by atoms with E-state index in [0.29, 0.717) is 16.9 Å². The van der Waals surface area contributed by atoms with Crippen LogP contribution in [0.1, 0.15) is 38.4 Å². The molecule has 3 unspecified atom stereocenters. The Kier molecular flexibility index (Phi) is 11.3. The van der Waals surface area contributed by atoms with E-state index in [0.717, 1.165) is 0 Å². The number of aliphatic hydroxyl groups is 3. The van der Waals surface area contributed by atoms with Crippen LogP contribution in [0.3, 0.4) is 0 Å². The maximum atomic E-state index is 15.6. The number of aliphatic hydroxyl groups excluding tert-OH is 3. The quantitative estimate of drug-likeness (QED) is 0.0608. The monoisotopic (exact) mass is 748 g/mol. The molecule has 23 heteroatoms. The molecule has 0 bridgehead atoms. The molecule has 280 valence electrons. The predicted molar refractivity (Wildman–Crippen MR) is 182 cm³/mol. The molecule has 0 spiro atoms. The lowest BCUT2D eigenvalue weighted by atomic mass is 9.99. The lowest BCUT2D eigenvalue weighted by Crippen LogP contribution is -2.35. The smallest absolute Gasteiger partial charge is 0.280 e. The summed E-state index contributed by atoms with van der Waals surface area (Å²) in [5.41, 5.74) is 0.670. The van der Waals surface area contributed by atoms with E-state index >= 15 is 4.39 Å². The molecule has 0 aliphatic carbocycles. The van der Waals surface area contributed by atoms with Crippen LogP contribution in [0.25, 0.3) is 22.3 Å². The van der Waals surface area contributed by atoms with E-state index in [2.05, 4.69) is 35.2 Å². The summed E-state index contributed by atoms with van der Waals surface area (Å²) < 4.78 is 49.4. The second kappa shape index (κ2) is 15.5. The number of nitrogens with one attached hydrogen (secondary N) is 2. The zero-order chi connectivity index (χ0) is 37.3. The molecule has 6 heterocycles. The first kappa shape index (κ1) is 37.7. The topological polar surface area (TPSA) is 267 Å². The molecule has 52 heavy (non-hydrogen) atoms. The summed E-state index contributed by atoms with van der Waals surface area (Å²) in [6, 6.07) is 2.00. The largest absolute Gasteiger partial charge is 0.396 e. The Hall–Kier alpha value is -4.04. The molecular formula is C29H39BFN10O10P. The van der Waals surface area contributed by atoms with Gasteiger partial charge >= 0.3 is 0 Å². The number of carbonyl (C=O) groups is 1. The van der Waals surface area contributed by atoms with Crippen molar-refractivity contribution in [3.05, 3.63) is 35.0 Å². The van der Waals surface area contributed by atoms with Crippen molar-refractivity contribution >= 4 is 49.6 Å². The molecule has 2 saturated heterocycles. The van der Waals surface area contributed by atoms with Crippen molar-refractivity contribution < 1.29 is 47.5 Å². The number of fused-ring (bicyclic) bond motifs is 2. The van der Waals surface area contributed by atoms with Crippen LogP contribution < -0.4 is 10.9 Å². The zero-order valence-electron chi connectivity index (χ0n) is 27.6. The Morgan fingerprint density at radius 3 is 2.52 bits per heavy atom. The number of H-pyrrole nitrogens is 1. The zero-order valence-corrected chi connectivity index (χ0v) is 28.5. The molecule has 0 aromatic carbocycles. The van der Waals surface area contributed by atoms with E-state index in [1.54, 1.807) is 20.8 Å². The van der Waals surface area contributed by atoms with Crippen molar-refractivity contribution in [2.24, 2.45) is 11.8 Å². The van der Waals surface area contributed by atoms with E-state index in [9.17, 15) is 30.2 Å². The molecule has 4 aromatic rings. The van der Waals surface area contributed by atoms with Crippen LogP contribution in [0, 0.1) is 30.1 Å². The number of aromatic nitrogens is 8. The maximum absolute atomic E-state index is 15.6. The van der Waals surface area contributed by atoms with Gasteiger partial charge in [0.05, 0.1) is 50.2 Å². The Balaban J connectivity index is 1.27. The van der Waals surface area contributed by atoms with Gasteiger partial charge < -0.3 is 24.8 Å². The van der Waals surface area contributed by atoms with Crippen molar-refractivity contribution in [3.63, 3.8) is 0 Å².